The Labute approximate surface area is 312 Å². The van der Waals surface area contributed by atoms with Crippen molar-refractivity contribution in [1.29, 1.82) is 0 Å². The summed E-state index contributed by atoms with van der Waals surface area (Å²) >= 11 is 0. The van der Waals surface area contributed by atoms with Crippen molar-refractivity contribution in [2.24, 2.45) is 0 Å². The molecule has 0 aliphatic rings. The average molecular weight is 689 g/mol. The largest absolute Gasteiger partial charge is 0.456 e. The molecular formula is C52H32O2. The van der Waals surface area contributed by atoms with Crippen LogP contribution < -0.4 is 0 Å². The average Bonchev–Trinajstić information content (AvgIpc) is 3.82. The highest BCUT2D eigenvalue weighted by molar-refractivity contribution is 6.25. The molecule has 11 aromatic rings. The Hall–Kier alpha value is -7.16. The zero-order valence-electron chi connectivity index (χ0n) is 29.3. The number of benzene rings is 9. The van der Waals surface area contributed by atoms with Crippen LogP contribution in [0.25, 0.3) is 110 Å². The van der Waals surface area contributed by atoms with Crippen LogP contribution in [0.4, 0.5) is 0 Å². The van der Waals surface area contributed by atoms with Gasteiger partial charge in [0.2, 0.25) is 0 Å². The predicted molar refractivity (Wildman–Crippen MR) is 226 cm³/mol. The highest BCUT2D eigenvalue weighted by Crippen LogP contribution is 2.49. The van der Waals surface area contributed by atoms with Gasteiger partial charge in [0.05, 0.1) is 5.39 Å². The Balaban J connectivity index is 1.20. The molecule has 0 bridgehead atoms. The van der Waals surface area contributed by atoms with E-state index < -0.39 is 0 Å². The summed E-state index contributed by atoms with van der Waals surface area (Å²) < 4.78 is 13.5. The van der Waals surface area contributed by atoms with Gasteiger partial charge in [-0.2, -0.15) is 0 Å². The Morgan fingerprint density at radius 2 is 0.796 bits per heavy atom. The van der Waals surface area contributed by atoms with E-state index in [1.165, 1.54) is 49.4 Å². The normalized spacial score (nSPS) is 11.7. The van der Waals surface area contributed by atoms with Crippen LogP contribution in [-0.4, -0.2) is 0 Å². The Bertz CT molecular complexity index is 3130. The lowest BCUT2D eigenvalue weighted by Crippen LogP contribution is -1.92. The zero-order chi connectivity index (χ0) is 35.6. The summed E-state index contributed by atoms with van der Waals surface area (Å²) in [4.78, 5) is 0. The third kappa shape index (κ3) is 4.67. The van der Waals surface area contributed by atoms with E-state index in [0.717, 1.165) is 60.9 Å². The molecule has 2 heteroatoms. The monoisotopic (exact) mass is 688 g/mol. The molecule has 0 atom stereocenters. The van der Waals surface area contributed by atoms with E-state index in [4.69, 9.17) is 8.83 Å². The number of fused-ring (bicyclic) bond motifs is 7. The molecule has 0 aliphatic carbocycles. The molecule has 0 aliphatic heterocycles. The highest BCUT2D eigenvalue weighted by atomic mass is 16.3. The van der Waals surface area contributed by atoms with Gasteiger partial charge in [0, 0.05) is 21.9 Å². The summed E-state index contributed by atoms with van der Waals surface area (Å²) in [7, 11) is 0. The minimum Gasteiger partial charge on any atom is -0.456 e. The van der Waals surface area contributed by atoms with Crippen LogP contribution >= 0.6 is 0 Å². The van der Waals surface area contributed by atoms with Crippen LogP contribution in [-0.2, 0) is 0 Å². The molecule has 9 aromatic carbocycles. The summed E-state index contributed by atoms with van der Waals surface area (Å²) in [5.74, 6) is 0.859. The first-order valence-electron chi connectivity index (χ1n) is 18.4. The summed E-state index contributed by atoms with van der Waals surface area (Å²) in [6.07, 6.45) is 0. The maximum absolute atomic E-state index is 6.96. The summed E-state index contributed by atoms with van der Waals surface area (Å²) in [6.45, 7) is 0. The van der Waals surface area contributed by atoms with Crippen LogP contribution in [0.15, 0.2) is 203 Å². The second-order valence-electron chi connectivity index (χ2n) is 13.9. The van der Waals surface area contributed by atoms with Crippen LogP contribution in [0.3, 0.4) is 0 Å². The van der Waals surface area contributed by atoms with E-state index in [1.807, 2.05) is 6.07 Å². The van der Waals surface area contributed by atoms with Crippen molar-refractivity contribution < 1.29 is 8.83 Å². The van der Waals surface area contributed by atoms with Crippen LogP contribution in [0.5, 0.6) is 0 Å². The van der Waals surface area contributed by atoms with Crippen molar-refractivity contribution in [2.75, 3.05) is 0 Å². The van der Waals surface area contributed by atoms with Gasteiger partial charge in [-0.15, -0.1) is 0 Å². The lowest BCUT2D eigenvalue weighted by Gasteiger charge is -2.19. The third-order valence-corrected chi connectivity index (χ3v) is 10.9. The fourth-order valence-electron chi connectivity index (χ4n) is 8.56. The fourth-order valence-corrected chi connectivity index (χ4v) is 8.56. The molecule has 54 heavy (non-hydrogen) atoms. The molecule has 0 unspecified atom stereocenters. The van der Waals surface area contributed by atoms with E-state index in [-0.39, 0.29) is 0 Å². The molecule has 2 heterocycles. The number of furan rings is 2. The van der Waals surface area contributed by atoms with Crippen molar-refractivity contribution in [3.05, 3.63) is 194 Å². The molecule has 0 radical (unpaired) electrons. The van der Waals surface area contributed by atoms with E-state index in [0.29, 0.717) is 0 Å². The molecule has 0 saturated carbocycles. The molecule has 2 aromatic heterocycles. The summed E-state index contributed by atoms with van der Waals surface area (Å²) in [5.41, 5.74) is 13.0. The standard InChI is InChI=1S/C52H32O2/c1-4-16-33(17-5-1)37-22-10-11-23-38(37)49-41-26-14-12-24-39(41)47(40-25-13-15-27-42(40)49)36-28-30-45-44(32-36)50-46(53-45)31-29-43-48(34-18-6-2-7-19-34)51(54-52(43)50)35-20-8-3-9-21-35/h1-32H. The molecule has 0 N–H and O–H groups in total. The summed E-state index contributed by atoms with van der Waals surface area (Å²) in [6, 6.07) is 69.0. The fraction of sp³-hybridized carbons (Fsp3) is 0. The van der Waals surface area contributed by atoms with E-state index in [9.17, 15) is 0 Å². The second-order valence-corrected chi connectivity index (χ2v) is 13.9. The molecule has 11 rings (SSSR count). The Morgan fingerprint density at radius 1 is 0.278 bits per heavy atom. The minimum absolute atomic E-state index is 0.810. The minimum atomic E-state index is 0.810. The van der Waals surface area contributed by atoms with Gasteiger partial charge in [0.25, 0.3) is 0 Å². The van der Waals surface area contributed by atoms with Crippen molar-refractivity contribution in [3.63, 3.8) is 0 Å². The Kier molecular flexibility index (Phi) is 6.90. The first-order valence-corrected chi connectivity index (χ1v) is 18.4. The van der Waals surface area contributed by atoms with E-state index >= 15 is 0 Å². The molecular weight excluding hydrogens is 657 g/mol. The first-order chi connectivity index (χ1) is 26.8. The lowest BCUT2D eigenvalue weighted by atomic mass is 9.83. The van der Waals surface area contributed by atoms with Gasteiger partial charge in [-0.1, -0.05) is 170 Å². The molecule has 2 nitrogen and oxygen atoms in total. The van der Waals surface area contributed by atoms with Gasteiger partial charge in [-0.05, 0) is 84.8 Å². The molecule has 0 spiro atoms. The predicted octanol–water partition coefficient (Wildman–Crippen LogP) is 15.0. The maximum Gasteiger partial charge on any atom is 0.147 e. The Morgan fingerprint density at radius 3 is 1.44 bits per heavy atom. The van der Waals surface area contributed by atoms with Crippen LogP contribution in [0, 0.1) is 0 Å². The lowest BCUT2D eigenvalue weighted by molar-refractivity contribution is 0.634. The number of hydrogen-bond donors (Lipinski definition) is 0. The van der Waals surface area contributed by atoms with Crippen LogP contribution in [0.2, 0.25) is 0 Å². The molecule has 252 valence electrons. The molecule has 0 amide bonds. The van der Waals surface area contributed by atoms with Gasteiger partial charge in [0.1, 0.15) is 22.5 Å². The SMILES string of the molecule is c1ccc(-c2ccccc2-c2c3ccccc3c(-c3ccc4oc5ccc6c(-c7ccccc7)c(-c7ccccc7)oc6c5c4c3)c3ccccc23)cc1. The number of hydrogen-bond acceptors (Lipinski definition) is 2. The van der Waals surface area contributed by atoms with E-state index in [2.05, 4.69) is 188 Å². The van der Waals surface area contributed by atoms with Gasteiger partial charge < -0.3 is 8.83 Å². The smallest absolute Gasteiger partial charge is 0.147 e. The van der Waals surface area contributed by atoms with Gasteiger partial charge in [-0.25, -0.2) is 0 Å². The van der Waals surface area contributed by atoms with Gasteiger partial charge >= 0.3 is 0 Å². The molecule has 0 fully saturated rings. The van der Waals surface area contributed by atoms with Crippen LogP contribution in [0.1, 0.15) is 0 Å². The highest BCUT2D eigenvalue weighted by Gasteiger charge is 2.23. The van der Waals surface area contributed by atoms with Crippen molar-refractivity contribution in [3.8, 4) is 55.8 Å². The molecule has 0 saturated heterocycles. The van der Waals surface area contributed by atoms with Gasteiger partial charge in [-0.3, -0.25) is 0 Å². The second kappa shape index (κ2) is 12.2. The maximum atomic E-state index is 6.96. The van der Waals surface area contributed by atoms with Crippen molar-refractivity contribution >= 4 is 54.5 Å². The number of rotatable bonds is 5. The first kappa shape index (κ1) is 30.5. The topological polar surface area (TPSA) is 26.3 Å². The van der Waals surface area contributed by atoms with Crippen molar-refractivity contribution in [2.45, 2.75) is 0 Å². The van der Waals surface area contributed by atoms with Gasteiger partial charge in [0.15, 0.2) is 0 Å². The van der Waals surface area contributed by atoms with Crippen molar-refractivity contribution in [1.82, 2.24) is 0 Å². The van der Waals surface area contributed by atoms with E-state index in [1.54, 1.807) is 0 Å². The summed E-state index contributed by atoms with van der Waals surface area (Å²) in [5, 5.41) is 7.96. The quantitative estimate of drug-likeness (QED) is 0.168. The third-order valence-electron chi connectivity index (χ3n) is 10.9. The zero-order valence-corrected chi connectivity index (χ0v) is 29.3.